The number of rotatable bonds is 5. The molecular weight excluding hydrogens is 311 g/mol. The van der Waals surface area contributed by atoms with Crippen molar-refractivity contribution in [3.63, 3.8) is 0 Å². The highest BCUT2D eigenvalue weighted by atomic mass is 19.1. The van der Waals surface area contributed by atoms with Crippen molar-refractivity contribution in [2.45, 2.75) is 0 Å². The number of fused-ring (bicyclic) bond motifs is 1. The van der Waals surface area contributed by atoms with Crippen LogP contribution in [0.3, 0.4) is 0 Å². The Morgan fingerprint density at radius 3 is 2.58 bits per heavy atom. The van der Waals surface area contributed by atoms with E-state index in [0.29, 0.717) is 11.1 Å². The first kappa shape index (κ1) is 15.7. The van der Waals surface area contributed by atoms with Gasteiger partial charge in [-0.05, 0) is 35.9 Å². The summed E-state index contributed by atoms with van der Waals surface area (Å²) in [5.41, 5.74) is 1.25. The molecule has 0 amide bonds. The number of ketones is 1. The minimum Gasteiger partial charge on any atom is -0.454 e. The first-order valence-corrected chi connectivity index (χ1v) is 7.24. The highest BCUT2D eigenvalue weighted by Gasteiger charge is 2.13. The molecule has 24 heavy (non-hydrogen) atoms. The van der Waals surface area contributed by atoms with Gasteiger partial charge in [0.1, 0.15) is 11.4 Å². The van der Waals surface area contributed by atoms with E-state index in [4.69, 9.17) is 9.15 Å². The number of ether oxygens (including phenoxy) is 1. The molecular formula is C19H13FO4. The van der Waals surface area contributed by atoms with Crippen molar-refractivity contribution in [1.82, 2.24) is 0 Å². The van der Waals surface area contributed by atoms with Gasteiger partial charge in [-0.15, -0.1) is 0 Å². The average Bonchev–Trinajstić information content (AvgIpc) is 3.03. The highest BCUT2D eigenvalue weighted by molar-refractivity contribution is 5.99. The number of carbonyl (C=O) groups excluding carboxylic acids is 2. The number of esters is 1. The van der Waals surface area contributed by atoms with E-state index in [1.54, 1.807) is 18.2 Å². The van der Waals surface area contributed by atoms with Gasteiger partial charge in [0.05, 0.1) is 0 Å². The van der Waals surface area contributed by atoms with Crippen molar-refractivity contribution >= 4 is 28.8 Å². The van der Waals surface area contributed by atoms with Crippen molar-refractivity contribution in [2.75, 3.05) is 6.61 Å². The molecule has 2 aromatic carbocycles. The maximum atomic E-state index is 12.8. The van der Waals surface area contributed by atoms with E-state index in [0.717, 1.165) is 5.39 Å². The van der Waals surface area contributed by atoms with Crippen molar-refractivity contribution in [1.29, 1.82) is 0 Å². The molecule has 0 aliphatic carbocycles. The van der Waals surface area contributed by atoms with Crippen LogP contribution in [0, 0.1) is 5.82 Å². The van der Waals surface area contributed by atoms with E-state index in [1.807, 2.05) is 12.1 Å². The second-order valence-electron chi connectivity index (χ2n) is 5.06. The van der Waals surface area contributed by atoms with E-state index in [9.17, 15) is 14.0 Å². The third-order valence-electron chi connectivity index (χ3n) is 3.33. The van der Waals surface area contributed by atoms with Gasteiger partial charge in [0, 0.05) is 11.5 Å². The molecule has 1 heterocycles. The van der Waals surface area contributed by atoms with Gasteiger partial charge in [-0.25, -0.2) is 9.18 Å². The molecule has 0 bridgehead atoms. The zero-order chi connectivity index (χ0) is 16.9. The van der Waals surface area contributed by atoms with Gasteiger partial charge in [0.2, 0.25) is 5.78 Å². The summed E-state index contributed by atoms with van der Waals surface area (Å²) < 4.78 is 23.1. The zero-order valence-electron chi connectivity index (χ0n) is 12.6. The fourth-order valence-electron chi connectivity index (χ4n) is 2.11. The van der Waals surface area contributed by atoms with E-state index in [2.05, 4.69) is 0 Å². The Kier molecular flexibility index (Phi) is 4.52. The van der Waals surface area contributed by atoms with Crippen LogP contribution in [-0.4, -0.2) is 18.4 Å². The third-order valence-corrected chi connectivity index (χ3v) is 3.33. The van der Waals surface area contributed by atoms with Crippen LogP contribution in [0.15, 0.2) is 65.1 Å². The van der Waals surface area contributed by atoms with Crippen LogP contribution < -0.4 is 0 Å². The van der Waals surface area contributed by atoms with Crippen LogP contribution in [0.25, 0.3) is 17.0 Å². The summed E-state index contributed by atoms with van der Waals surface area (Å²) in [6.45, 7) is -0.410. The molecule has 0 N–H and O–H groups in total. The van der Waals surface area contributed by atoms with Crippen molar-refractivity contribution in [3.8, 4) is 0 Å². The molecule has 3 rings (SSSR count). The van der Waals surface area contributed by atoms with Gasteiger partial charge >= 0.3 is 5.97 Å². The van der Waals surface area contributed by atoms with Gasteiger partial charge in [0.15, 0.2) is 12.4 Å². The molecule has 0 spiro atoms. The Morgan fingerprint density at radius 2 is 1.83 bits per heavy atom. The van der Waals surface area contributed by atoms with E-state index in [-0.39, 0.29) is 11.6 Å². The predicted octanol–water partition coefficient (Wildman–Crippen LogP) is 4.01. The molecule has 0 unspecified atom stereocenters. The minimum absolute atomic E-state index is 0.145. The van der Waals surface area contributed by atoms with Gasteiger partial charge in [0.25, 0.3) is 0 Å². The molecule has 0 saturated carbocycles. The van der Waals surface area contributed by atoms with Crippen LogP contribution in [-0.2, 0) is 9.53 Å². The zero-order valence-corrected chi connectivity index (χ0v) is 12.6. The Bertz CT molecular complexity index is 874. The fraction of sp³-hybridized carbons (Fsp3) is 0.0526. The smallest absolute Gasteiger partial charge is 0.331 e. The van der Waals surface area contributed by atoms with Crippen molar-refractivity contribution < 1.29 is 23.1 Å². The maximum Gasteiger partial charge on any atom is 0.331 e. The van der Waals surface area contributed by atoms with Crippen molar-refractivity contribution in [3.05, 3.63) is 77.8 Å². The number of Topliss-reactive ketones (excluding diaryl/α,β-unsaturated/α-hetero) is 1. The van der Waals surface area contributed by atoms with Crippen LogP contribution in [0.5, 0.6) is 0 Å². The van der Waals surface area contributed by atoms with Gasteiger partial charge < -0.3 is 9.15 Å². The predicted molar refractivity (Wildman–Crippen MR) is 86.9 cm³/mol. The third kappa shape index (κ3) is 3.76. The second-order valence-corrected chi connectivity index (χ2v) is 5.06. The molecule has 0 aliphatic heterocycles. The topological polar surface area (TPSA) is 56.5 Å². The summed E-state index contributed by atoms with van der Waals surface area (Å²) in [6, 6.07) is 14.5. The molecule has 4 nitrogen and oxygen atoms in total. The molecule has 1 aromatic heterocycles. The van der Waals surface area contributed by atoms with Crippen LogP contribution in [0.2, 0.25) is 0 Å². The standard InChI is InChI=1S/C19H13FO4/c20-15-8-5-13(6-9-15)7-10-19(22)23-12-16(21)18-11-14-3-1-2-4-17(14)24-18/h1-11H,12H2/b10-7+. The second kappa shape index (κ2) is 6.91. The average molecular weight is 324 g/mol. The van der Waals surface area contributed by atoms with Gasteiger partial charge in [-0.1, -0.05) is 30.3 Å². The van der Waals surface area contributed by atoms with Crippen molar-refractivity contribution in [2.24, 2.45) is 0 Å². The van der Waals surface area contributed by atoms with E-state index in [1.165, 1.54) is 36.4 Å². The van der Waals surface area contributed by atoms with Crippen LogP contribution in [0.4, 0.5) is 4.39 Å². The molecule has 0 saturated heterocycles. The number of furan rings is 1. The van der Waals surface area contributed by atoms with E-state index < -0.39 is 18.4 Å². The first-order valence-electron chi connectivity index (χ1n) is 7.24. The molecule has 0 aliphatic rings. The first-order chi connectivity index (χ1) is 11.6. The summed E-state index contributed by atoms with van der Waals surface area (Å²) in [5, 5.41) is 0.809. The normalized spacial score (nSPS) is 11.0. The van der Waals surface area contributed by atoms with Crippen LogP contribution in [0.1, 0.15) is 16.1 Å². The van der Waals surface area contributed by atoms with Gasteiger partial charge in [-0.3, -0.25) is 4.79 Å². The largest absolute Gasteiger partial charge is 0.454 e. The SMILES string of the molecule is O=C(/C=C/c1ccc(F)cc1)OCC(=O)c1cc2ccccc2o1. The maximum absolute atomic E-state index is 12.8. The summed E-state index contributed by atoms with van der Waals surface area (Å²) in [7, 11) is 0. The molecule has 0 radical (unpaired) electrons. The lowest BCUT2D eigenvalue weighted by atomic mass is 10.2. The summed E-state index contributed by atoms with van der Waals surface area (Å²) in [4.78, 5) is 23.6. The molecule has 0 fully saturated rings. The van der Waals surface area contributed by atoms with Crippen LogP contribution >= 0.6 is 0 Å². The monoisotopic (exact) mass is 324 g/mol. The number of benzene rings is 2. The quantitative estimate of drug-likeness (QED) is 0.404. The Labute approximate surface area is 137 Å². The number of para-hydroxylation sites is 1. The summed E-state index contributed by atoms with van der Waals surface area (Å²) in [6.07, 6.45) is 2.66. The number of halogens is 1. The number of carbonyl (C=O) groups is 2. The van der Waals surface area contributed by atoms with Gasteiger partial charge in [-0.2, -0.15) is 0 Å². The highest BCUT2D eigenvalue weighted by Crippen LogP contribution is 2.19. The van der Waals surface area contributed by atoms with E-state index >= 15 is 0 Å². The fourth-order valence-corrected chi connectivity index (χ4v) is 2.11. The Morgan fingerprint density at radius 1 is 1.08 bits per heavy atom. The molecule has 5 heteroatoms. The lowest BCUT2D eigenvalue weighted by Gasteiger charge is -1.99. The lowest BCUT2D eigenvalue weighted by molar-refractivity contribution is -0.136. The summed E-state index contributed by atoms with van der Waals surface area (Å²) in [5.74, 6) is -1.30. The Hall–Kier alpha value is -3.21. The molecule has 3 aromatic rings. The number of hydrogen-bond donors (Lipinski definition) is 0. The molecule has 120 valence electrons. The summed E-state index contributed by atoms with van der Waals surface area (Å²) >= 11 is 0. The minimum atomic E-state index is -0.663. The number of hydrogen-bond acceptors (Lipinski definition) is 4. The Balaban J connectivity index is 1.57. The molecule has 0 atom stereocenters. The lowest BCUT2D eigenvalue weighted by Crippen LogP contribution is -2.11.